The van der Waals surface area contributed by atoms with Crippen LogP contribution < -0.4 is 5.32 Å². The summed E-state index contributed by atoms with van der Waals surface area (Å²) in [6, 6.07) is -1.02. The van der Waals surface area contributed by atoms with E-state index in [2.05, 4.69) is 55.2 Å². The number of aliphatic hydroxyl groups excluding tert-OH is 1. The Morgan fingerprint density at radius 3 is 2.50 bits per heavy atom. The number of nitrogens with one attached hydrogen (secondary N) is 1. The molecule has 236 valence electrons. The highest BCUT2D eigenvalue weighted by Crippen LogP contribution is 2.60. The van der Waals surface area contributed by atoms with Crippen LogP contribution in [0.25, 0.3) is 0 Å². The first-order valence-electron chi connectivity index (χ1n) is 14.8. The van der Waals surface area contributed by atoms with Crippen molar-refractivity contribution in [3.05, 3.63) is 25.3 Å². The van der Waals surface area contributed by atoms with Gasteiger partial charge in [-0.25, -0.2) is 0 Å². The summed E-state index contributed by atoms with van der Waals surface area (Å²) in [6.07, 6.45) is 3.90. The summed E-state index contributed by atoms with van der Waals surface area (Å²) in [7, 11) is 0. The second-order valence-corrected chi connectivity index (χ2v) is 14.8. The van der Waals surface area contributed by atoms with E-state index in [9.17, 15) is 24.3 Å². The number of nitrogens with zero attached hydrogens (tertiary/aromatic N) is 2. The zero-order valence-corrected chi connectivity index (χ0v) is 27.4. The van der Waals surface area contributed by atoms with E-state index in [0.29, 0.717) is 25.7 Å². The first-order valence-corrected chi connectivity index (χ1v) is 15.7. The van der Waals surface area contributed by atoms with Crippen molar-refractivity contribution in [1.29, 1.82) is 0 Å². The van der Waals surface area contributed by atoms with Gasteiger partial charge in [0.1, 0.15) is 17.7 Å². The molecule has 10 nitrogen and oxygen atoms in total. The molecule has 3 fully saturated rings. The summed E-state index contributed by atoms with van der Waals surface area (Å²) in [5.74, 6) is -3.35. The average Bonchev–Trinajstić information content (AvgIpc) is 3.46. The molecule has 11 heteroatoms. The van der Waals surface area contributed by atoms with Gasteiger partial charge in [-0.2, -0.15) is 0 Å². The van der Waals surface area contributed by atoms with Crippen molar-refractivity contribution in [2.75, 3.05) is 26.2 Å². The third-order valence-corrected chi connectivity index (χ3v) is 9.23. The van der Waals surface area contributed by atoms with Gasteiger partial charge in [0, 0.05) is 29.9 Å². The van der Waals surface area contributed by atoms with E-state index in [4.69, 9.17) is 9.47 Å². The molecule has 42 heavy (non-hydrogen) atoms. The van der Waals surface area contributed by atoms with Crippen LogP contribution in [-0.4, -0.2) is 99.1 Å². The van der Waals surface area contributed by atoms with Gasteiger partial charge in [0.2, 0.25) is 17.7 Å². The fraction of sp³-hybridized carbons (Fsp3) is 0.742. The van der Waals surface area contributed by atoms with Crippen molar-refractivity contribution >= 4 is 39.6 Å². The first-order chi connectivity index (χ1) is 19.5. The molecule has 3 amide bonds. The van der Waals surface area contributed by atoms with Crippen LogP contribution >= 0.6 is 15.9 Å². The van der Waals surface area contributed by atoms with Crippen molar-refractivity contribution < 1.29 is 33.8 Å². The van der Waals surface area contributed by atoms with E-state index in [0.717, 1.165) is 0 Å². The molecule has 2 N–H and O–H groups in total. The van der Waals surface area contributed by atoms with Gasteiger partial charge in [0.15, 0.2) is 0 Å². The molecule has 1 unspecified atom stereocenters. The lowest BCUT2D eigenvalue weighted by atomic mass is 9.70. The number of hydrogen-bond donors (Lipinski definition) is 2. The van der Waals surface area contributed by atoms with Crippen LogP contribution in [0.2, 0.25) is 0 Å². The maximum atomic E-state index is 14.6. The standard InChI is InChI=1S/C31H48BrN3O7/c1-9-11-12-21(37)33-17-19(3)41-28(40)22-23-26(38)34(14-15-36)25(31(23)16-20(32)24(22)42-31)27(39)35(13-10-2)30(7,8)18-29(4,5)6/h9-10,19-20,22-25,36H,1-2,11-18H2,3-8H3,(H,33,37)/t19-,20?,22+,23-,24+,25+,31-/m0/s1. The Hall–Kier alpha value is -2.24. The number of β-amino-alcohol motifs (C(OH)–C–C–N with tert-alkyl or cyclic N) is 1. The molecule has 3 aliphatic rings. The van der Waals surface area contributed by atoms with E-state index < -0.39 is 53.1 Å². The summed E-state index contributed by atoms with van der Waals surface area (Å²) < 4.78 is 12.3. The number of aliphatic hydroxyl groups is 1. The Balaban J connectivity index is 1.92. The van der Waals surface area contributed by atoms with Gasteiger partial charge < -0.3 is 29.7 Å². The highest BCUT2D eigenvalue weighted by atomic mass is 79.9. The summed E-state index contributed by atoms with van der Waals surface area (Å²) in [4.78, 5) is 57.0. The van der Waals surface area contributed by atoms with Crippen LogP contribution in [0.5, 0.6) is 0 Å². The number of alkyl halides is 1. The predicted octanol–water partition coefficient (Wildman–Crippen LogP) is 2.97. The smallest absolute Gasteiger partial charge is 0.312 e. The molecule has 0 saturated carbocycles. The fourth-order valence-corrected chi connectivity index (χ4v) is 8.17. The zero-order valence-electron chi connectivity index (χ0n) is 25.9. The molecule has 1 spiro atoms. The average molecular weight is 655 g/mol. The number of likely N-dealkylation sites (tertiary alicyclic amines) is 1. The van der Waals surface area contributed by atoms with Gasteiger partial charge in [-0.3, -0.25) is 19.2 Å². The van der Waals surface area contributed by atoms with Gasteiger partial charge in [-0.1, -0.05) is 48.9 Å². The first kappa shape index (κ1) is 34.3. The number of ether oxygens (including phenoxy) is 2. The molecule has 2 bridgehead atoms. The summed E-state index contributed by atoms with van der Waals surface area (Å²) >= 11 is 3.66. The molecule has 7 atom stereocenters. The van der Waals surface area contributed by atoms with E-state index >= 15 is 0 Å². The second kappa shape index (κ2) is 13.2. The minimum atomic E-state index is -1.26. The molecule has 0 aliphatic carbocycles. The monoisotopic (exact) mass is 653 g/mol. The predicted molar refractivity (Wildman–Crippen MR) is 163 cm³/mol. The number of allylic oxidation sites excluding steroid dienone is 1. The number of esters is 1. The zero-order chi connectivity index (χ0) is 31.6. The normalized spacial score (nSPS) is 29.2. The summed E-state index contributed by atoms with van der Waals surface area (Å²) in [5.41, 5.74) is -1.92. The SMILES string of the molecule is C=CCCC(=O)NC[C@H](C)OC(=O)[C@H]1[C@@H]2O[C@@]3(CC2Br)[C@@H]1C(=O)N(CCO)[C@@H]3C(=O)N(CC=C)C(C)(C)CC(C)(C)C. The lowest BCUT2D eigenvalue weighted by Crippen LogP contribution is -2.61. The number of fused-ring (bicyclic) bond motifs is 1. The van der Waals surface area contributed by atoms with Crippen LogP contribution in [0, 0.1) is 17.3 Å². The fourth-order valence-electron chi connectivity index (χ4n) is 7.23. The minimum Gasteiger partial charge on any atom is -0.460 e. The maximum Gasteiger partial charge on any atom is 0.312 e. The van der Waals surface area contributed by atoms with E-state index in [1.165, 1.54) is 4.90 Å². The van der Waals surface area contributed by atoms with Gasteiger partial charge in [0.05, 0.1) is 31.1 Å². The van der Waals surface area contributed by atoms with E-state index in [1.54, 1.807) is 24.0 Å². The van der Waals surface area contributed by atoms with Crippen molar-refractivity contribution in [1.82, 2.24) is 15.1 Å². The van der Waals surface area contributed by atoms with E-state index in [1.807, 2.05) is 13.8 Å². The minimum absolute atomic E-state index is 0.0645. The Kier molecular flexibility index (Phi) is 10.7. The molecule has 0 aromatic heterocycles. The number of carbonyl (C=O) groups is 4. The van der Waals surface area contributed by atoms with Crippen LogP contribution in [0.4, 0.5) is 0 Å². The van der Waals surface area contributed by atoms with Gasteiger partial charge in [0.25, 0.3) is 0 Å². The third kappa shape index (κ3) is 6.78. The largest absolute Gasteiger partial charge is 0.460 e. The molecular weight excluding hydrogens is 606 g/mol. The molecule has 0 aromatic carbocycles. The van der Waals surface area contributed by atoms with Gasteiger partial charge >= 0.3 is 5.97 Å². The highest BCUT2D eigenvalue weighted by molar-refractivity contribution is 9.09. The lowest BCUT2D eigenvalue weighted by molar-refractivity contribution is -0.159. The molecule has 0 aromatic rings. The third-order valence-electron chi connectivity index (χ3n) is 8.39. The van der Waals surface area contributed by atoms with Crippen LogP contribution in [-0.2, 0) is 28.7 Å². The summed E-state index contributed by atoms with van der Waals surface area (Å²) in [6.45, 7) is 19.5. The Labute approximate surface area is 258 Å². The number of amides is 3. The Morgan fingerprint density at radius 1 is 1.26 bits per heavy atom. The highest BCUT2D eigenvalue weighted by Gasteiger charge is 2.77. The number of halogens is 1. The van der Waals surface area contributed by atoms with Crippen LogP contribution in [0.1, 0.15) is 67.2 Å². The Morgan fingerprint density at radius 2 is 1.93 bits per heavy atom. The van der Waals surface area contributed by atoms with Crippen molar-refractivity contribution in [2.45, 2.75) is 101 Å². The quantitative estimate of drug-likeness (QED) is 0.168. The number of rotatable bonds is 14. The topological polar surface area (TPSA) is 125 Å². The van der Waals surface area contributed by atoms with Crippen molar-refractivity contribution in [3.63, 3.8) is 0 Å². The molecule has 0 radical (unpaired) electrons. The van der Waals surface area contributed by atoms with E-state index in [-0.39, 0.29) is 48.3 Å². The summed E-state index contributed by atoms with van der Waals surface area (Å²) in [5, 5.41) is 12.7. The van der Waals surface area contributed by atoms with Gasteiger partial charge in [-0.05, 0) is 45.4 Å². The molecule has 3 aliphatic heterocycles. The lowest BCUT2D eigenvalue weighted by Gasteiger charge is -2.45. The maximum absolute atomic E-state index is 14.6. The van der Waals surface area contributed by atoms with Crippen LogP contribution in [0.15, 0.2) is 25.3 Å². The molecular formula is C31H48BrN3O7. The van der Waals surface area contributed by atoms with Crippen LogP contribution in [0.3, 0.4) is 0 Å². The molecule has 3 saturated heterocycles. The van der Waals surface area contributed by atoms with Crippen molar-refractivity contribution in [2.24, 2.45) is 17.3 Å². The molecule has 3 rings (SSSR count). The van der Waals surface area contributed by atoms with Gasteiger partial charge in [-0.15, -0.1) is 13.2 Å². The van der Waals surface area contributed by atoms with Crippen molar-refractivity contribution in [3.8, 4) is 0 Å². The molecule has 3 heterocycles. The number of carbonyl (C=O) groups excluding carboxylic acids is 4. The number of hydrogen-bond acceptors (Lipinski definition) is 7. The second-order valence-electron chi connectivity index (χ2n) is 13.6. The Bertz CT molecular complexity index is 1070.